The van der Waals surface area contributed by atoms with Gasteiger partial charge in [0.25, 0.3) is 5.56 Å². The number of benzene rings is 2. The predicted octanol–water partition coefficient (Wildman–Crippen LogP) is 5.94. The van der Waals surface area contributed by atoms with Crippen LogP contribution in [0.15, 0.2) is 58.5 Å². The molecule has 0 atom stereocenters. The van der Waals surface area contributed by atoms with Crippen LogP contribution in [0, 0.1) is 6.92 Å². The average Bonchev–Trinajstić information content (AvgIpc) is 3.17. The summed E-state index contributed by atoms with van der Waals surface area (Å²) in [6, 6.07) is 16.0. The lowest BCUT2D eigenvalue weighted by Crippen LogP contribution is -2.22. The minimum atomic E-state index is 0.0434. The minimum absolute atomic E-state index is 0.0434. The van der Waals surface area contributed by atoms with Gasteiger partial charge in [-0.15, -0.1) is 11.3 Å². The van der Waals surface area contributed by atoms with Crippen molar-refractivity contribution in [1.82, 2.24) is 9.55 Å². The van der Waals surface area contributed by atoms with Crippen LogP contribution >= 0.6 is 23.1 Å². The molecule has 2 aromatic heterocycles. The number of rotatable bonds is 5. The number of thioether (sulfide) groups is 1. The van der Waals surface area contributed by atoms with Gasteiger partial charge in [0.05, 0.1) is 18.2 Å². The lowest BCUT2D eigenvalue weighted by Gasteiger charge is -2.14. The highest BCUT2D eigenvalue weighted by Gasteiger charge is 2.23. The first-order valence-corrected chi connectivity index (χ1v) is 12.3. The van der Waals surface area contributed by atoms with Gasteiger partial charge in [0.2, 0.25) is 0 Å². The van der Waals surface area contributed by atoms with E-state index in [4.69, 9.17) is 9.72 Å². The van der Waals surface area contributed by atoms with E-state index < -0.39 is 0 Å². The third-order valence-corrected chi connectivity index (χ3v) is 8.08. The summed E-state index contributed by atoms with van der Waals surface area (Å²) in [4.78, 5) is 21.0. The molecule has 6 heteroatoms. The summed E-state index contributed by atoms with van der Waals surface area (Å²) >= 11 is 3.33. The first-order valence-electron chi connectivity index (χ1n) is 10.5. The second-order valence-electron chi connectivity index (χ2n) is 7.84. The van der Waals surface area contributed by atoms with E-state index in [1.165, 1.54) is 28.0 Å². The van der Waals surface area contributed by atoms with E-state index in [9.17, 15) is 4.79 Å². The fourth-order valence-corrected chi connectivity index (χ4v) is 6.55. The van der Waals surface area contributed by atoms with Gasteiger partial charge in [-0.2, -0.15) is 0 Å². The van der Waals surface area contributed by atoms with E-state index in [0.29, 0.717) is 0 Å². The Kier molecular flexibility index (Phi) is 5.59. The van der Waals surface area contributed by atoms with Crippen LogP contribution in [-0.2, 0) is 18.6 Å². The molecule has 0 radical (unpaired) electrons. The Labute approximate surface area is 189 Å². The molecule has 0 unspecified atom stereocenters. The number of fused-ring (bicyclic) bond motifs is 3. The Morgan fingerprint density at radius 3 is 2.65 bits per heavy atom. The molecule has 1 aliphatic carbocycles. The number of aromatic nitrogens is 2. The summed E-state index contributed by atoms with van der Waals surface area (Å²) in [5, 5.41) is 1.56. The number of hydrogen-bond acceptors (Lipinski definition) is 5. The third-order valence-electron chi connectivity index (χ3n) is 5.91. The Bertz CT molecular complexity index is 1310. The molecule has 0 fully saturated rings. The Morgan fingerprint density at radius 2 is 1.87 bits per heavy atom. The molecule has 1 aliphatic rings. The average molecular weight is 449 g/mol. The molecule has 2 aromatic carbocycles. The van der Waals surface area contributed by atoms with Gasteiger partial charge in [0, 0.05) is 10.6 Å². The molecule has 0 saturated heterocycles. The van der Waals surface area contributed by atoms with Crippen LogP contribution < -0.4 is 10.3 Å². The zero-order valence-corrected chi connectivity index (χ0v) is 19.3. The van der Waals surface area contributed by atoms with Crippen molar-refractivity contribution in [1.29, 1.82) is 0 Å². The molecule has 4 aromatic rings. The normalized spacial score (nSPS) is 13.4. The van der Waals surface area contributed by atoms with Crippen molar-refractivity contribution in [2.24, 2.45) is 0 Å². The molecule has 4 nitrogen and oxygen atoms in total. The van der Waals surface area contributed by atoms with Crippen LogP contribution in [0.3, 0.4) is 0 Å². The van der Waals surface area contributed by atoms with E-state index >= 15 is 0 Å². The van der Waals surface area contributed by atoms with Crippen LogP contribution in [0.25, 0.3) is 15.9 Å². The zero-order valence-electron chi connectivity index (χ0n) is 17.7. The van der Waals surface area contributed by atoms with Crippen molar-refractivity contribution in [3.8, 4) is 11.4 Å². The molecule has 0 amide bonds. The van der Waals surface area contributed by atoms with Gasteiger partial charge in [-0.3, -0.25) is 9.36 Å². The highest BCUT2D eigenvalue weighted by atomic mass is 32.2. The molecule has 0 aliphatic heterocycles. The lowest BCUT2D eigenvalue weighted by atomic mass is 9.97. The quantitative estimate of drug-likeness (QED) is 0.280. The summed E-state index contributed by atoms with van der Waals surface area (Å²) in [5.41, 5.74) is 4.60. The maximum absolute atomic E-state index is 13.8. The van der Waals surface area contributed by atoms with Crippen molar-refractivity contribution in [2.45, 2.75) is 43.5 Å². The predicted molar refractivity (Wildman–Crippen MR) is 129 cm³/mol. The molecule has 0 spiro atoms. The van der Waals surface area contributed by atoms with Gasteiger partial charge in [-0.25, -0.2) is 4.98 Å². The van der Waals surface area contributed by atoms with E-state index in [-0.39, 0.29) is 5.56 Å². The maximum Gasteiger partial charge on any atom is 0.267 e. The summed E-state index contributed by atoms with van der Waals surface area (Å²) in [5.74, 6) is 1.54. The Hall–Kier alpha value is -2.57. The molecule has 0 saturated carbocycles. The number of methoxy groups -OCH3 is 1. The van der Waals surface area contributed by atoms with Crippen LogP contribution in [0.1, 0.15) is 34.4 Å². The molecule has 5 rings (SSSR count). The van der Waals surface area contributed by atoms with Crippen molar-refractivity contribution in [3.63, 3.8) is 0 Å². The number of nitrogens with zero attached hydrogens (tertiary/aromatic N) is 2. The molecule has 158 valence electrons. The minimum Gasteiger partial charge on any atom is -0.497 e. The van der Waals surface area contributed by atoms with Crippen LogP contribution in [-0.4, -0.2) is 16.7 Å². The van der Waals surface area contributed by atoms with Crippen molar-refractivity contribution in [2.75, 3.05) is 7.11 Å². The Balaban J connectivity index is 1.66. The highest BCUT2D eigenvalue weighted by Crippen LogP contribution is 2.36. The van der Waals surface area contributed by atoms with Gasteiger partial charge in [0.1, 0.15) is 10.6 Å². The standard InChI is InChI=1S/C25H24N2O2S2/c1-16-7-3-4-8-17(16)15-30-25-26-23-22(20-9-5-6-10-21(20)31-23)24(28)27(25)18-11-13-19(29-2)14-12-18/h3-4,7-8,11-14H,5-6,9-10,15H2,1-2H3. The topological polar surface area (TPSA) is 44.1 Å². The maximum atomic E-state index is 13.8. The third kappa shape index (κ3) is 3.79. The Morgan fingerprint density at radius 1 is 1.10 bits per heavy atom. The monoisotopic (exact) mass is 448 g/mol. The molecule has 31 heavy (non-hydrogen) atoms. The highest BCUT2D eigenvalue weighted by molar-refractivity contribution is 7.98. The van der Waals surface area contributed by atoms with Crippen molar-refractivity contribution >= 4 is 33.3 Å². The number of hydrogen-bond donors (Lipinski definition) is 0. The van der Waals surface area contributed by atoms with E-state index in [0.717, 1.165) is 51.8 Å². The van der Waals surface area contributed by atoms with E-state index in [1.807, 2.05) is 24.3 Å². The van der Waals surface area contributed by atoms with Gasteiger partial charge in [-0.1, -0.05) is 36.0 Å². The van der Waals surface area contributed by atoms with E-state index in [2.05, 4.69) is 31.2 Å². The molecule has 2 heterocycles. The molecule has 0 bridgehead atoms. The number of aryl methyl sites for hydroxylation is 3. The molecule has 0 N–H and O–H groups in total. The first-order chi connectivity index (χ1) is 15.2. The van der Waals surface area contributed by atoms with Crippen molar-refractivity contribution in [3.05, 3.63) is 80.5 Å². The molecular weight excluding hydrogens is 424 g/mol. The SMILES string of the molecule is COc1ccc(-n2c(SCc3ccccc3C)nc3sc4c(c3c2=O)CCCC4)cc1. The van der Waals surface area contributed by atoms with Gasteiger partial charge >= 0.3 is 0 Å². The van der Waals surface area contributed by atoms with Gasteiger partial charge in [-0.05, 0) is 73.6 Å². The van der Waals surface area contributed by atoms with Crippen molar-refractivity contribution < 1.29 is 4.74 Å². The van der Waals surface area contributed by atoms with E-state index in [1.54, 1.807) is 34.8 Å². The number of ether oxygens (including phenoxy) is 1. The van der Waals surface area contributed by atoms with Crippen LogP contribution in [0.2, 0.25) is 0 Å². The second kappa shape index (κ2) is 8.52. The summed E-state index contributed by atoms with van der Waals surface area (Å²) in [7, 11) is 1.65. The largest absolute Gasteiger partial charge is 0.497 e. The second-order valence-corrected chi connectivity index (χ2v) is 9.87. The smallest absolute Gasteiger partial charge is 0.267 e. The fourth-order valence-electron chi connectivity index (χ4n) is 4.16. The molecular formula is C25H24N2O2S2. The summed E-state index contributed by atoms with van der Waals surface area (Å²) in [6.45, 7) is 2.12. The van der Waals surface area contributed by atoms with Gasteiger partial charge < -0.3 is 4.74 Å². The van der Waals surface area contributed by atoms with Gasteiger partial charge in [0.15, 0.2) is 5.16 Å². The first kappa shape index (κ1) is 20.3. The lowest BCUT2D eigenvalue weighted by molar-refractivity contribution is 0.414. The van der Waals surface area contributed by atoms with Crippen LogP contribution in [0.5, 0.6) is 5.75 Å². The van der Waals surface area contributed by atoms with Crippen LogP contribution in [0.4, 0.5) is 0 Å². The summed E-state index contributed by atoms with van der Waals surface area (Å²) < 4.78 is 7.09. The summed E-state index contributed by atoms with van der Waals surface area (Å²) in [6.07, 6.45) is 4.38. The number of thiophene rings is 1. The fraction of sp³-hybridized carbons (Fsp3) is 0.280. The zero-order chi connectivity index (χ0) is 21.4.